The Bertz CT molecular complexity index is 1230. The molecule has 2 aromatic carbocycles. The number of piperazine rings is 1. The Labute approximate surface area is 212 Å². The highest BCUT2D eigenvalue weighted by atomic mass is 32.2. The van der Waals surface area contributed by atoms with Gasteiger partial charge in [-0.3, -0.25) is 9.69 Å². The highest BCUT2D eigenvalue weighted by Crippen LogP contribution is 2.33. The Hall–Kier alpha value is -2.82. The number of nitrogens with zero attached hydrogens (tertiary/aromatic N) is 3. The van der Waals surface area contributed by atoms with Crippen molar-refractivity contribution in [1.29, 1.82) is 0 Å². The SMILES string of the molecule is COc1ccc(S(=O)(=O)N2CCC[C@H](C(=O)N3CCN(Cc4ccc5c(c4)OCO5)CC3)C2)cc1C. The molecule has 36 heavy (non-hydrogen) atoms. The Morgan fingerprint density at radius 3 is 2.56 bits per heavy atom. The smallest absolute Gasteiger partial charge is 0.243 e. The number of piperidine rings is 1. The topological polar surface area (TPSA) is 88.6 Å². The van der Waals surface area contributed by atoms with Gasteiger partial charge in [0.25, 0.3) is 0 Å². The number of carbonyl (C=O) groups is 1. The first-order valence-electron chi connectivity index (χ1n) is 12.4. The van der Waals surface area contributed by atoms with Crippen molar-refractivity contribution < 1.29 is 27.4 Å². The first kappa shape index (κ1) is 24.9. The lowest BCUT2D eigenvalue weighted by molar-refractivity contribution is -0.138. The number of fused-ring (bicyclic) bond motifs is 1. The minimum Gasteiger partial charge on any atom is -0.496 e. The number of methoxy groups -OCH3 is 1. The van der Waals surface area contributed by atoms with Crippen molar-refractivity contribution in [1.82, 2.24) is 14.1 Å². The number of hydrogen-bond acceptors (Lipinski definition) is 7. The average molecular weight is 516 g/mol. The van der Waals surface area contributed by atoms with Gasteiger partial charge in [0.15, 0.2) is 11.5 Å². The molecule has 0 spiro atoms. The lowest BCUT2D eigenvalue weighted by Crippen LogP contribution is -2.52. The molecule has 2 saturated heterocycles. The van der Waals surface area contributed by atoms with E-state index in [9.17, 15) is 13.2 Å². The molecule has 194 valence electrons. The van der Waals surface area contributed by atoms with Gasteiger partial charge in [0, 0.05) is 45.8 Å². The predicted octanol–water partition coefficient (Wildman–Crippen LogP) is 2.48. The van der Waals surface area contributed by atoms with Crippen molar-refractivity contribution in [2.24, 2.45) is 5.92 Å². The zero-order chi connectivity index (χ0) is 25.3. The van der Waals surface area contributed by atoms with E-state index >= 15 is 0 Å². The van der Waals surface area contributed by atoms with Crippen molar-refractivity contribution in [3.05, 3.63) is 47.5 Å². The number of carbonyl (C=O) groups excluding carboxylic acids is 1. The van der Waals surface area contributed by atoms with E-state index in [0.29, 0.717) is 38.2 Å². The summed E-state index contributed by atoms with van der Waals surface area (Å²) in [5.41, 5.74) is 1.92. The summed E-state index contributed by atoms with van der Waals surface area (Å²) < 4.78 is 44.2. The third kappa shape index (κ3) is 5.02. The normalized spacial score (nSPS) is 20.9. The Morgan fingerprint density at radius 2 is 1.81 bits per heavy atom. The quantitative estimate of drug-likeness (QED) is 0.584. The second-order valence-corrected chi connectivity index (χ2v) is 11.6. The average Bonchev–Trinajstić information content (AvgIpc) is 3.37. The molecule has 0 unspecified atom stereocenters. The zero-order valence-electron chi connectivity index (χ0n) is 20.8. The molecule has 3 aliphatic heterocycles. The molecule has 3 aliphatic rings. The summed E-state index contributed by atoms with van der Waals surface area (Å²) in [6.45, 7) is 6.38. The van der Waals surface area contributed by atoms with E-state index in [-0.39, 0.29) is 30.1 Å². The summed E-state index contributed by atoms with van der Waals surface area (Å²) >= 11 is 0. The van der Waals surface area contributed by atoms with Crippen LogP contribution in [0.2, 0.25) is 0 Å². The van der Waals surface area contributed by atoms with Crippen molar-refractivity contribution >= 4 is 15.9 Å². The van der Waals surface area contributed by atoms with Gasteiger partial charge in [0.05, 0.1) is 17.9 Å². The van der Waals surface area contributed by atoms with Crippen LogP contribution in [0, 0.1) is 12.8 Å². The number of ether oxygens (including phenoxy) is 3. The van der Waals surface area contributed by atoms with Gasteiger partial charge >= 0.3 is 0 Å². The van der Waals surface area contributed by atoms with Crippen LogP contribution in [-0.4, -0.2) is 81.6 Å². The summed E-state index contributed by atoms with van der Waals surface area (Å²) in [5.74, 6) is 1.96. The number of amides is 1. The third-order valence-electron chi connectivity index (χ3n) is 7.26. The lowest BCUT2D eigenvalue weighted by atomic mass is 9.97. The molecular weight excluding hydrogens is 482 g/mol. The molecule has 0 N–H and O–H groups in total. The predicted molar refractivity (Wildman–Crippen MR) is 134 cm³/mol. The van der Waals surface area contributed by atoms with Crippen molar-refractivity contribution in [3.63, 3.8) is 0 Å². The summed E-state index contributed by atoms with van der Waals surface area (Å²) in [7, 11) is -2.11. The van der Waals surface area contributed by atoms with Gasteiger partial charge in [-0.1, -0.05) is 6.07 Å². The molecule has 1 atom stereocenters. The number of aryl methyl sites for hydroxylation is 1. The van der Waals surface area contributed by atoms with Gasteiger partial charge < -0.3 is 19.1 Å². The zero-order valence-corrected chi connectivity index (χ0v) is 21.6. The summed E-state index contributed by atoms with van der Waals surface area (Å²) in [6, 6.07) is 10.9. The molecule has 5 rings (SSSR count). The number of benzene rings is 2. The van der Waals surface area contributed by atoms with E-state index in [1.807, 2.05) is 30.0 Å². The Balaban J connectivity index is 1.17. The molecule has 0 radical (unpaired) electrons. The molecule has 0 aromatic heterocycles. The van der Waals surface area contributed by atoms with E-state index in [4.69, 9.17) is 14.2 Å². The summed E-state index contributed by atoms with van der Waals surface area (Å²) in [4.78, 5) is 17.8. The molecule has 10 heteroatoms. The van der Waals surface area contributed by atoms with Crippen LogP contribution >= 0.6 is 0 Å². The van der Waals surface area contributed by atoms with Crippen LogP contribution in [0.3, 0.4) is 0 Å². The molecule has 1 amide bonds. The second kappa shape index (κ2) is 10.3. The molecule has 2 fully saturated rings. The largest absolute Gasteiger partial charge is 0.496 e. The van der Waals surface area contributed by atoms with Crippen LogP contribution < -0.4 is 14.2 Å². The fourth-order valence-electron chi connectivity index (χ4n) is 5.20. The van der Waals surface area contributed by atoms with E-state index in [0.717, 1.165) is 42.3 Å². The maximum atomic E-state index is 13.3. The molecule has 2 aromatic rings. The fourth-order valence-corrected chi connectivity index (χ4v) is 6.81. The van der Waals surface area contributed by atoms with Crippen LogP contribution in [0.1, 0.15) is 24.0 Å². The highest BCUT2D eigenvalue weighted by Gasteiger charge is 2.36. The molecule has 0 aliphatic carbocycles. The fraction of sp³-hybridized carbons (Fsp3) is 0.500. The van der Waals surface area contributed by atoms with Gasteiger partial charge in [-0.2, -0.15) is 4.31 Å². The monoisotopic (exact) mass is 515 g/mol. The first-order chi connectivity index (χ1) is 17.3. The van der Waals surface area contributed by atoms with Crippen molar-refractivity contribution in [2.45, 2.75) is 31.2 Å². The van der Waals surface area contributed by atoms with Gasteiger partial charge in [0.1, 0.15) is 5.75 Å². The molecule has 9 nitrogen and oxygen atoms in total. The Kier molecular flexibility index (Phi) is 7.09. The van der Waals surface area contributed by atoms with E-state index in [1.165, 1.54) is 4.31 Å². The van der Waals surface area contributed by atoms with Gasteiger partial charge in [-0.15, -0.1) is 0 Å². The number of hydrogen-bond donors (Lipinski definition) is 0. The van der Waals surface area contributed by atoms with Gasteiger partial charge in [0.2, 0.25) is 22.7 Å². The van der Waals surface area contributed by atoms with Crippen LogP contribution in [0.4, 0.5) is 0 Å². The van der Waals surface area contributed by atoms with Crippen LogP contribution in [0.15, 0.2) is 41.3 Å². The maximum absolute atomic E-state index is 13.3. The maximum Gasteiger partial charge on any atom is 0.243 e. The first-order valence-corrected chi connectivity index (χ1v) is 13.8. The Morgan fingerprint density at radius 1 is 1.03 bits per heavy atom. The van der Waals surface area contributed by atoms with E-state index < -0.39 is 10.0 Å². The van der Waals surface area contributed by atoms with Crippen molar-refractivity contribution in [2.75, 3.05) is 53.2 Å². The molecular formula is C26H33N3O6S. The molecule has 0 bridgehead atoms. The minimum atomic E-state index is -3.67. The summed E-state index contributed by atoms with van der Waals surface area (Å²) in [5, 5.41) is 0. The number of sulfonamides is 1. The van der Waals surface area contributed by atoms with Crippen LogP contribution in [0.5, 0.6) is 17.2 Å². The van der Waals surface area contributed by atoms with E-state index in [1.54, 1.807) is 25.3 Å². The minimum absolute atomic E-state index is 0.0588. The standard InChI is InChI=1S/C26H33N3O6S/c1-19-14-22(6-8-23(19)33-2)36(31,32)29-9-3-4-21(17-29)26(30)28-12-10-27(11-13-28)16-20-5-7-24-25(15-20)35-18-34-24/h5-8,14-15,21H,3-4,9-13,16-18H2,1-2H3/t21-/m0/s1. The molecule has 0 saturated carbocycles. The molecule has 3 heterocycles. The highest BCUT2D eigenvalue weighted by molar-refractivity contribution is 7.89. The van der Waals surface area contributed by atoms with Gasteiger partial charge in [-0.25, -0.2) is 8.42 Å². The van der Waals surface area contributed by atoms with Crippen LogP contribution in [-0.2, 0) is 21.4 Å². The number of rotatable bonds is 6. The van der Waals surface area contributed by atoms with Crippen LogP contribution in [0.25, 0.3) is 0 Å². The second-order valence-electron chi connectivity index (χ2n) is 9.62. The summed E-state index contributed by atoms with van der Waals surface area (Å²) in [6.07, 6.45) is 1.39. The third-order valence-corrected chi connectivity index (χ3v) is 9.13. The van der Waals surface area contributed by atoms with Gasteiger partial charge in [-0.05, 0) is 61.2 Å². The van der Waals surface area contributed by atoms with E-state index in [2.05, 4.69) is 4.90 Å². The lowest BCUT2D eigenvalue weighted by Gasteiger charge is -2.38. The van der Waals surface area contributed by atoms with Crippen molar-refractivity contribution in [3.8, 4) is 17.2 Å².